The summed E-state index contributed by atoms with van der Waals surface area (Å²) in [5, 5.41) is 11.2. The van der Waals surface area contributed by atoms with Crippen molar-refractivity contribution in [3.63, 3.8) is 0 Å². The molecule has 1 aromatic heterocycles. The highest BCUT2D eigenvalue weighted by atomic mass is 32.2. The van der Waals surface area contributed by atoms with Gasteiger partial charge in [0.25, 0.3) is 5.91 Å². The molecule has 2 aromatic rings. The summed E-state index contributed by atoms with van der Waals surface area (Å²) in [4.78, 5) is 23.1. The molecule has 0 fully saturated rings. The van der Waals surface area contributed by atoms with Crippen LogP contribution in [0.2, 0.25) is 0 Å². The van der Waals surface area contributed by atoms with Crippen LogP contribution >= 0.6 is 11.3 Å². The van der Waals surface area contributed by atoms with E-state index in [0.29, 0.717) is 5.69 Å². The number of benzene rings is 1. The molecule has 0 aliphatic carbocycles. The Morgan fingerprint density at radius 1 is 1.21 bits per heavy atom. The van der Waals surface area contributed by atoms with E-state index in [-0.39, 0.29) is 4.90 Å². The number of sulfonamides is 1. The van der Waals surface area contributed by atoms with Crippen LogP contribution < -0.4 is 10.5 Å². The summed E-state index contributed by atoms with van der Waals surface area (Å²) in [6, 6.07) is 7.14. The third-order valence-corrected chi connectivity index (χ3v) is 4.40. The molecule has 1 heterocycles. The minimum Gasteiger partial charge on any atom is -0.452 e. The number of hydrogen-bond acceptors (Lipinski definition) is 6. The Morgan fingerprint density at radius 3 is 2.50 bits per heavy atom. The van der Waals surface area contributed by atoms with Gasteiger partial charge in [-0.05, 0) is 52.7 Å². The topological polar surface area (TPSA) is 116 Å². The first-order valence-electron chi connectivity index (χ1n) is 6.64. The molecule has 0 atom stereocenters. The first-order chi connectivity index (χ1) is 11.3. The monoisotopic (exact) mass is 366 g/mol. The molecule has 0 spiro atoms. The fraction of sp³-hybridized carbons (Fsp3) is 0.0667. The molecule has 0 radical (unpaired) electrons. The van der Waals surface area contributed by atoms with E-state index in [4.69, 9.17) is 9.88 Å². The van der Waals surface area contributed by atoms with Crippen LogP contribution in [0.15, 0.2) is 52.1 Å². The van der Waals surface area contributed by atoms with Gasteiger partial charge in [0.05, 0.1) is 4.90 Å². The lowest BCUT2D eigenvalue weighted by molar-refractivity contribution is -0.142. The average Bonchev–Trinajstić information content (AvgIpc) is 3.04. The molecule has 7 nitrogen and oxygen atoms in total. The lowest BCUT2D eigenvalue weighted by Gasteiger charge is -2.06. The molecule has 2 rings (SSSR count). The molecule has 3 N–H and O–H groups in total. The molecule has 9 heteroatoms. The number of anilines is 1. The number of nitrogens with two attached hydrogens (primary N) is 1. The van der Waals surface area contributed by atoms with Gasteiger partial charge >= 0.3 is 5.97 Å². The Bertz CT molecular complexity index is 840. The fourth-order valence-corrected chi connectivity index (χ4v) is 2.79. The zero-order valence-electron chi connectivity index (χ0n) is 12.3. The average molecular weight is 366 g/mol. The SMILES string of the molecule is NS(=O)(=O)c1ccc(NC(=O)COC(=O)/C=C/c2ccsc2)cc1. The molecule has 0 aliphatic rings. The molecule has 0 bridgehead atoms. The van der Waals surface area contributed by atoms with E-state index in [1.54, 1.807) is 6.08 Å². The van der Waals surface area contributed by atoms with E-state index in [2.05, 4.69) is 5.32 Å². The maximum absolute atomic E-state index is 11.7. The summed E-state index contributed by atoms with van der Waals surface area (Å²) in [7, 11) is -3.78. The predicted octanol–water partition coefficient (Wildman–Crippen LogP) is 1.59. The second-order valence-electron chi connectivity index (χ2n) is 4.62. The van der Waals surface area contributed by atoms with Crippen LogP contribution in [0.5, 0.6) is 0 Å². The minimum absolute atomic E-state index is 0.0644. The molecule has 1 amide bonds. The third kappa shape index (κ3) is 5.61. The highest BCUT2D eigenvalue weighted by Gasteiger charge is 2.09. The van der Waals surface area contributed by atoms with Crippen molar-refractivity contribution in [2.75, 3.05) is 11.9 Å². The van der Waals surface area contributed by atoms with E-state index in [1.165, 1.54) is 41.7 Å². The highest BCUT2D eigenvalue weighted by molar-refractivity contribution is 7.89. The van der Waals surface area contributed by atoms with Gasteiger partial charge in [-0.1, -0.05) is 0 Å². The van der Waals surface area contributed by atoms with Gasteiger partial charge < -0.3 is 10.1 Å². The van der Waals surface area contributed by atoms with Crippen LogP contribution in [0.1, 0.15) is 5.56 Å². The zero-order valence-corrected chi connectivity index (χ0v) is 14.0. The van der Waals surface area contributed by atoms with Crippen LogP contribution in [-0.2, 0) is 24.3 Å². The lowest BCUT2D eigenvalue weighted by Crippen LogP contribution is -2.20. The summed E-state index contributed by atoms with van der Waals surface area (Å²) in [6.07, 6.45) is 2.82. The predicted molar refractivity (Wildman–Crippen MR) is 90.8 cm³/mol. The zero-order chi connectivity index (χ0) is 17.6. The smallest absolute Gasteiger partial charge is 0.331 e. The number of ether oxygens (including phenoxy) is 1. The largest absolute Gasteiger partial charge is 0.452 e. The summed E-state index contributed by atoms with van der Waals surface area (Å²) >= 11 is 1.50. The molecular weight excluding hydrogens is 352 g/mol. The van der Waals surface area contributed by atoms with Gasteiger partial charge in [0.1, 0.15) is 0 Å². The Labute approximate surface area is 142 Å². The molecule has 0 saturated carbocycles. The number of nitrogens with one attached hydrogen (secondary N) is 1. The van der Waals surface area contributed by atoms with Gasteiger partial charge in [0.2, 0.25) is 10.0 Å². The Balaban J connectivity index is 1.81. The molecule has 0 aliphatic heterocycles. The van der Waals surface area contributed by atoms with Gasteiger partial charge in [-0.25, -0.2) is 18.4 Å². The standard InChI is InChI=1S/C15H14N2O5S2/c16-24(20,21)13-4-2-12(3-5-13)17-14(18)9-22-15(19)6-1-11-7-8-23-10-11/h1-8,10H,9H2,(H,17,18)(H2,16,20,21)/b6-1+. The molecular formula is C15H14N2O5S2. The number of hydrogen-bond donors (Lipinski definition) is 2. The van der Waals surface area contributed by atoms with Crippen molar-refractivity contribution in [1.29, 1.82) is 0 Å². The second-order valence-corrected chi connectivity index (χ2v) is 6.96. The normalized spacial score (nSPS) is 11.4. The van der Waals surface area contributed by atoms with E-state index >= 15 is 0 Å². The molecule has 1 aromatic carbocycles. The summed E-state index contributed by atoms with van der Waals surface area (Å²) in [6.45, 7) is -0.455. The van der Waals surface area contributed by atoms with E-state index in [0.717, 1.165) is 5.56 Å². The number of amides is 1. The Kier molecular flexibility index (Phi) is 5.85. The summed E-state index contributed by atoms with van der Waals surface area (Å²) in [5.74, 6) is -1.18. The maximum atomic E-state index is 11.7. The summed E-state index contributed by atoms with van der Waals surface area (Å²) < 4.78 is 27.0. The highest BCUT2D eigenvalue weighted by Crippen LogP contribution is 2.12. The Morgan fingerprint density at radius 2 is 1.92 bits per heavy atom. The van der Waals surface area contributed by atoms with Crippen molar-refractivity contribution in [3.05, 3.63) is 52.7 Å². The number of carbonyl (C=O) groups excluding carboxylic acids is 2. The van der Waals surface area contributed by atoms with Crippen molar-refractivity contribution < 1.29 is 22.7 Å². The number of thiophene rings is 1. The second kappa shape index (κ2) is 7.86. The van der Waals surface area contributed by atoms with Crippen molar-refractivity contribution in [2.45, 2.75) is 4.90 Å². The van der Waals surface area contributed by atoms with Crippen LogP contribution in [0.3, 0.4) is 0 Å². The van der Waals surface area contributed by atoms with Crippen LogP contribution in [0, 0.1) is 0 Å². The van der Waals surface area contributed by atoms with Gasteiger partial charge in [-0.3, -0.25) is 4.79 Å². The number of primary sulfonamides is 1. The van der Waals surface area contributed by atoms with Gasteiger partial charge in [-0.2, -0.15) is 11.3 Å². The van der Waals surface area contributed by atoms with Crippen molar-refractivity contribution in [1.82, 2.24) is 0 Å². The maximum Gasteiger partial charge on any atom is 0.331 e. The number of rotatable bonds is 6. The van der Waals surface area contributed by atoms with Crippen molar-refractivity contribution >= 4 is 45.0 Å². The molecule has 0 unspecified atom stereocenters. The van der Waals surface area contributed by atoms with Gasteiger partial charge in [0, 0.05) is 11.8 Å². The van der Waals surface area contributed by atoms with Gasteiger partial charge in [-0.15, -0.1) is 0 Å². The van der Waals surface area contributed by atoms with Crippen molar-refractivity contribution in [3.8, 4) is 0 Å². The first kappa shape index (κ1) is 17.9. The number of carbonyl (C=O) groups is 2. The summed E-state index contributed by atoms with van der Waals surface area (Å²) in [5.41, 5.74) is 1.23. The fourth-order valence-electron chi connectivity index (χ4n) is 1.64. The van der Waals surface area contributed by atoms with Gasteiger partial charge in [0.15, 0.2) is 6.61 Å². The molecule has 24 heavy (non-hydrogen) atoms. The number of esters is 1. The molecule has 126 valence electrons. The lowest BCUT2D eigenvalue weighted by atomic mass is 10.3. The van der Waals surface area contributed by atoms with E-state index in [9.17, 15) is 18.0 Å². The first-order valence-corrected chi connectivity index (χ1v) is 9.13. The minimum atomic E-state index is -3.78. The Hall–Kier alpha value is -2.49. The van der Waals surface area contributed by atoms with Crippen LogP contribution in [0.25, 0.3) is 6.08 Å². The molecule has 0 saturated heterocycles. The van der Waals surface area contributed by atoms with E-state index in [1.807, 2.05) is 16.8 Å². The third-order valence-electron chi connectivity index (χ3n) is 2.77. The quantitative estimate of drug-likeness (QED) is 0.595. The van der Waals surface area contributed by atoms with Crippen LogP contribution in [-0.4, -0.2) is 26.9 Å². The van der Waals surface area contributed by atoms with E-state index < -0.39 is 28.5 Å². The van der Waals surface area contributed by atoms with Crippen molar-refractivity contribution in [2.24, 2.45) is 5.14 Å². The van der Waals surface area contributed by atoms with Crippen LogP contribution in [0.4, 0.5) is 5.69 Å².